The molecule has 0 saturated carbocycles. The van der Waals surface area contributed by atoms with Crippen molar-refractivity contribution in [2.45, 2.75) is 32.4 Å². The van der Waals surface area contributed by atoms with Crippen LogP contribution in [0.3, 0.4) is 0 Å². The minimum absolute atomic E-state index is 0.466. The van der Waals surface area contributed by atoms with Crippen LogP contribution in [0.25, 0.3) is 0 Å². The minimum Gasteiger partial charge on any atom is -0.473 e. The smallest absolute Gasteiger partial charge is 0.218 e. The number of nitrogens with two attached hydrogens (primary N) is 1. The Hall–Kier alpha value is -1.39. The lowest BCUT2D eigenvalue weighted by Gasteiger charge is -2.12. The monoisotopic (exact) mass is 332 g/mol. The molecule has 0 unspecified atom stereocenters. The number of rotatable bonds is 4. The van der Waals surface area contributed by atoms with Gasteiger partial charge in [0.25, 0.3) is 0 Å². The van der Waals surface area contributed by atoms with Crippen LogP contribution < -0.4 is 10.5 Å². The van der Waals surface area contributed by atoms with Gasteiger partial charge in [0.2, 0.25) is 5.88 Å². The second kappa shape index (κ2) is 5.94. The maximum Gasteiger partial charge on any atom is 0.218 e. The third-order valence-electron chi connectivity index (χ3n) is 3.57. The number of hydrogen-bond donors (Lipinski definition) is 1. The Bertz CT molecular complexity index is 628. The first-order valence-corrected chi connectivity index (χ1v) is 7.64. The van der Waals surface area contributed by atoms with E-state index >= 15 is 0 Å². The van der Waals surface area contributed by atoms with Crippen LogP contribution in [0.5, 0.6) is 5.88 Å². The van der Waals surface area contributed by atoms with E-state index in [-0.39, 0.29) is 0 Å². The van der Waals surface area contributed by atoms with E-state index in [1.165, 1.54) is 17.7 Å². The Balaban J connectivity index is 1.80. The fourth-order valence-electron chi connectivity index (χ4n) is 2.55. The van der Waals surface area contributed by atoms with E-state index < -0.39 is 0 Å². The molecule has 3 nitrogen and oxygen atoms in total. The molecule has 0 bridgehead atoms. The van der Waals surface area contributed by atoms with E-state index in [0.717, 1.165) is 28.4 Å². The summed E-state index contributed by atoms with van der Waals surface area (Å²) in [6.45, 7) is 0.978. The number of pyridine rings is 1. The number of ether oxygens (including phenoxy) is 1. The maximum absolute atomic E-state index is 5.88. The first-order chi connectivity index (χ1) is 9.76. The molecule has 0 radical (unpaired) electrons. The molecule has 104 valence electrons. The van der Waals surface area contributed by atoms with Crippen LogP contribution in [-0.2, 0) is 26.0 Å². The van der Waals surface area contributed by atoms with Gasteiger partial charge in [0.1, 0.15) is 6.61 Å². The number of nitrogens with zero attached hydrogens (tertiary/aromatic N) is 1. The molecule has 20 heavy (non-hydrogen) atoms. The lowest BCUT2D eigenvalue weighted by atomic mass is 10.1. The largest absolute Gasteiger partial charge is 0.473 e. The van der Waals surface area contributed by atoms with Gasteiger partial charge >= 0.3 is 0 Å². The molecule has 1 aromatic heterocycles. The van der Waals surface area contributed by atoms with Crippen LogP contribution >= 0.6 is 15.9 Å². The van der Waals surface area contributed by atoms with Gasteiger partial charge in [-0.3, -0.25) is 0 Å². The summed E-state index contributed by atoms with van der Waals surface area (Å²) in [5, 5.41) is 0. The molecule has 0 amide bonds. The first-order valence-electron chi connectivity index (χ1n) is 6.85. The zero-order valence-electron chi connectivity index (χ0n) is 11.2. The molecular formula is C16H17BrN2O. The van der Waals surface area contributed by atoms with Crippen molar-refractivity contribution in [3.63, 3.8) is 0 Å². The molecule has 1 aliphatic rings. The fourth-order valence-corrected chi connectivity index (χ4v) is 3.00. The van der Waals surface area contributed by atoms with E-state index in [4.69, 9.17) is 10.5 Å². The van der Waals surface area contributed by atoms with E-state index in [9.17, 15) is 0 Å². The zero-order valence-corrected chi connectivity index (χ0v) is 12.8. The lowest BCUT2D eigenvalue weighted by Crippen LogP contribution is -2.06. The van der Waals surface area contributed by atoms with Gasteiger partial charge in [0.05, 0.1) is 0 Å². The highest BCUT2D eigenvalue weighted by Crippen LogP contribution is 2.27. The summed E-state index contributed by atoms with van der Waals surface area (Å²) in [7, 11) is 0. The summed E-state index contributed by atoms with van der Waals surface area (Å²) in [5.74, 6) is 0.688. The fraction of sp³-hybridized carbons (Fsp3) is 0.312. The average Bonchev–Trinajstić information content (AvgIpc) is 2.91. The van der Waals surface area contributed by atoms with Crippen LogP contribution in [0.1, 0.15) is 28.8 Å². The highest BCUT2D eigenvalue weighted by molar-refractivity contribution is 9.10. The van der Waals surface area contributed by atoms with E-state index in [1.54, 1.807) is 0 Å². The van der Waals surface area contributed by atoms with Crippen molar-refractivity contribution < 1.29 is 4.74 Å². The molecule has 0 aliphatic heterocycles. The number of halogens is 1. The van der Waals surface area contributed by atoms with Crippen LogP contribution in [0, 0.1) is 0 Å². The van der Waals surface area contributed by atoms with E-state index in [1.807, 2.05) is 18.2 Å². The molecule has 0 spiro atoms. The third-order valence-corrected chi connectivity index (χ3v) is 4.07. The minimum atomic E-state index is 0.466. The van der Waals surface area contributed by atoms with Gasteiger partial charge in [-0.2, -0.15) is 0 Å². The Morgan fingerprint density at radius 2 is 2.15 bits per heavy atom. The van der Waals surface area contributed by atoms with Crippen LogP contribution in [-0.4, -0.2) is 4.98 Å². The van der Waals surface area contributed by atoms with Crippen molar-refractivity contribution >= 4 is 15.9 Å². The molecule has 0 atom stereocenters. The molecule has 2 aromatic rings. The summed E-state index contributed by atoms with van der Waals surface area (Å²) in [6.07, 6.45) is 3.34. The van der Waals surface area contributed by atoms with E-state index in [0.29, 0.717) is 19.0 Å². The number of aryl methyl sites for hydroxylation is 2. The SMILES string of the molecule is NCc1cc2c(nc1OCc1cccc(Br)c1)CCC2. The number of benzene rings is 1. The normalized spacial score (nSPS) is 13.3. The highest BCUT2D eigenvalue weighted by Gasteiger charge is 2.16. The van der Waals surface area contributed by atoms with Crippen molar-refractivity contribution in [2.75, 3.05) is 0 Å². The summed E-state index contributed by atoms with van der Waals surface area (Å²) in [5.41, 5.74) is 10.4. The van der Waals surface area contributed by atoms with Crippen molar-refractivity contribution in [1.82, 2.24) is 4.98 Å². The molecule has 1 aromatic carbocycles. The first kappa shape index (κ1) is 13.6. The third kappa shape index (κ3) is 2.86. The van der Waals surface area contributed by atoms with Gasteiger partial charge in [0, 0.05) is 22.3 Å². The Kier molecular flexibility index (Phi) is 4.03. The molecule has 3 rings (SSSR count). The number of fused-ring (bicyclic) bond motifs is 1. The average molecular weight is 333 g/mol. The van der Waals surface area contributed by atoms with Crippen LogP contribution in [0.15, 0.2) is 34.8 Å². The van der Waals surface area contributed by atoms with Crippen molar-refractivity contribution in [1.29, 1.82) is 0 Å². The molecule has 2 N–H and O–H groups in total. The molecule has 4 heteroatoms. The summed E-state index contributed by atoms with van der Waals surface area (Å²) < 4.78 is 6.94. The molecule has 0 saturated heterocycles. The lowest BCUT2D eigenvalue weighted by molar-refractivity contribution is 0.289. The maximum atomic E-state index is 5.88. The van der Waals surface area contributed by atoms with Gasteiger partial charge in [-0.15, -0.1) is 0 Å². The van der Waals surface area contributed by atoms with Gasteiger partial charge in [0.15, 0.2) is 0 Å². The van der Waals surface area contributed by atoms with Crippen LogP contribution in [0.2, 0.25) is 0 Å². The van der Waals surface area contributed by atoms with Crippen molar-refractivity contribution in [2.24, 2.45) is 5.73 Å². The molecule has 1 aliphatic carbocycles. The zero-order chi connectivity index (χ0) is 13.9. The predicted molar refractivity (Wildman–Crippen MR) is 82.6 cm³/mol. The van der Waals surface area contributed by atoms with Gasteiger partial charge in [-0.05, 0) is 48.6 Å². The predicted octanol–water partition coefficient (Wildman–Crippen LogP) is 3.37. The van der Waals surface area contributed by atoms with Gasteiger partial charge in [-0.25, -0.2) is 4.98 Å². The van der Waals surface area contributed by atoms with Crippen molar-refractivity contribution in [3.05, 3.63) is 57.2 Å². The summed E-state index contributed by atoms with van der Waals surface area (Å²) >= 11 is 3.47. The quantitative estimate of drug-likeness (QED) is 0.933. The Labute approximate surface area is 127 Å². The molecule has 1 heterocycles. The summed E-state index contributed by atoms with van der Waals surface area (Å²) in [4.78, 5) is 4.65. The second-order valence-corrected chi connectivity index (χ2v) is 5.95. The topological polar surface area (TPSA) is 48.1 Å². The van der Waals surface area contributed by atoms with E-state index in [2.05, 4.69) is 33.0 Å². The standard InChI is InChI=1S/C16H17BrN2O/c17-14-5-1-3-11(7-14)10-20-16-13(9-18)8-12-4-2-6-15(12)19-16/h1,3,5,7-8H,2,4,6,9-10,18H2. The number of hydrogen-bond acceptors (Lipinski definition) is 3. The van der Waals surface area contributed by atoms with Gasteiger partial charge in [-0.1, -0.05) is 28.1 Å². The Morgan fingerprint density at radius 3 is 2.95 bits per heavy atom. The Morgan fingerprint density at radius 1 is 1.25 bits per heavy atom. The summed E-state index contributed by atoms with van der Waals surface area (Å²) in [6, 6.07) is 10.3. The molecule has 0 fully saturated rings. The number of aromatic nitrogens is 1. The highest BCUT2D eigenvalue weighted by atomic mass is 79.9. The van der Waals surface area contributed by atoms with Crippen molar-refractivity contribution in [3.8, 4) is 5.88 Å². The molecular weight excluding hydrogens is 316 g/mol. The second-order valence-electron chi connectivity index (χ2n) is 5.03. The van der Waals surface area contributed by atoms with Gasteiger partial charge < -0.3 is 10.5 Å². The van der Waals surface area contributed by atoms with Crippen LogP contribution in [0.4, 0.5) is 0 Å².